The first-order chi connectivity index (χ1) is 9.63. The molecule has 0 unspecified atom stereocenters. The van der Waals surface area contributed by atoms with Gasteiger partial charge in [0.2, 0.25) is 0 Å². The molecule has 0 saturated heterocycles. The van der Waals surface area contributed by atoms with E-state index in [4.69, 9.17) is 0 Å². The lowest BCUT2D eigenvalue weighted by atomic mass is 10.4. The normalized spacial score (nSPS) is 10.7. The van der Waals surface area contributed by atoms with E-state index in [0.717, 1.165) is 20.5 Å². The molecule has 1 amide bonds. The lowest BCUT2D eigenvalue weighted by Crippen LogP contribution is -2.11. The van der Waals surface area contributed by atoms with Gasteiger partial charge in [0, 0.05) is 11.1 Å². The van der Waals surface area contributed by atoms with Gasteiger partial charge >= 0.3 is 0 Å². The van der Waals surface area contributed by atoms with Crippen molar-refractivity contribution in [2.24, 2.45) is 0 Å². The fourth-order valence-electron chi connectivity index (χ4n) is 1.68. The van der Waals surface area contributed by atoms with E-state index in [9.17, 15) is 4.79 Å². The number of carbonyl (C=O) groups excluding carboxylic acids is 1. The number of anilines is 1. The topological polar surface area (TPSA) is 54.9 Å². The van der Waals surface area contributed by atoms with E-state index in [2.05, 4.69) is 15.3 Å². The Balaban J connectivity index is 1.85. The van der Waals surface area contributed by atoms with Gasteiger partial charge in [-0.3, -0.25) is 10.1 Å². The summed E-state index contributed by atoms with van der Waals surface area (Å²) in [5, 5.41) is 6.34. The van der Waals surface area contributed by atoms with Gasteiger partial charge in [-0.25, -0.2) is 9.97 Å². The highest BCUT2D eigenvalue weighted by molar-refractivity contribution is 7.22. The summed E-state index contributed by atoms with van der Waals surface area (Å²) >= 11 is 4.50. The van der Waals surface area contributed by atoms with Gasteiger partial charge in [-0.15, -0.1) is 34.0 Å². The van der Waals surface area contributed by atoms with Crippen LogP contribution in [0.1, 0.15) is 20.2 Å². The number of aromatic nitrogens is 2. The standard InChI is InChI=1S/C13H11N3OS3/c1-7-6-14-13(19-7)16-11(17)10-8(2)15-12(20-10)9-4-3-5-18-9/h3-6H,1-2H3,(H,14,16,17). The summed E-state index contributed by atoms with van der Waals surface area (Å²) in [6, 6.07) is 3.99. The van der Waals surface area contributed by atoms with Gasteiger partial charge in [-0.1, -0.05) is 6.07 Å². The van der Waals surface area contributed by atoms with Crippen molar-refractivity contribution in [3.8, 4) is 9.88 Å². The molecule has 3 aromatic rings. The van der Waals surface area contributed by atoms with E-state index in [0.29, 0.717) is 10.0 Å². The van der Waals surface area contributed by atoms with E-state index in [1.807, 2.05) is 31.4 Å². The molecular weight excluding hydrogens is 310 g/mol. The maximum absolute atomic E-state index is 12.3. The molecule has 3 heterocycles. The minimum atomic E-state index is -0.142. The number of amides is 1. The zero-order chi connectivity index (χ0) is 14.1. The molecule has 0 saturated carbocycles. The number of aryl methyl sites for hydroxylation is 2. The summed E-state index contributed by atoms with van der Waals surface area (Å²) in [6.45, 7) is 3.82. The maximum atomic E-state index is 12.3. The first-order valence-electron chi connectivity index (χ1n) is 5.88. The number of hydrogen-bond donors (Lipinski definition) is 1. The second-order valence-electron chi connectivity index (χ2n) is 4.14. The number of nitrogens with zero attached hydrogens (tertiary/aromatic N) is 2. The fraction of sp³-hybridized carbons (Fsp3) is 0.154. The van der Waals surface area contributed by atoms with Crippen molar-refractivity contribution >= 4 is 45.0 Å². The van der Waals surface area contributed by atoms with Crippen LogP contribution in [-0.2, 0) is 0 Å². The highest BCUT2D eigenvalue weighted by Gasteiger charge is 2.17. The van der Waals surface area contributed by atoms with Crippen LogP contribution in [0.15, 0.2) is 23.7 Å². The Morgan fingerprint density at radius 2 is 2.15 bits per heavy atom. The summed E-state index contributed by atoms with van der Waals surface area (Å²) in [4.78, 5) is 23.7. The SMILES string of the molecule is Cc1cnc(NC(=O)c2sc(-c3cccs3)nc2C)s1. The average molecular weight is 321 g/mol. The summed E-state index contributed by atoms with van der Waals surface area (Å²) in [6.07, 6.45) is 1.75. The van der Waals surface area contributed by atoms with Crippen LogP contribution in [0.2, 0.25) is 0 Å². The van der Waals surface area contributed by atoms with E-state index in [1.54, 1.807) is 17.5 Å². The van der Waals surface area contributed by atoms with Crippen LogP contribution in [0.5, 0.6) is 0 Å². The van der Waals surface area contributed by atoms with Crippen LogP contribution in [-0.4, -0.2) is 15.9 Å². The number of thiazole rings is 2. The molecule has 0 atom stereocenters. The van der Waals surface area contributed by atoms with E-state index in [1.165, 1.54) is 22.7 Å². The zero-order valence-electron chi connectivity index (χ0n) is 10.8. The van der Waals surface area contributed by atoms with Gasteiger partial charge in [-0.2, -0.15) is 0 Å². The van der Waals surface area contributed by atoms with Gasteiger partial charge in [0.15, 0.2) is 5.13 Å². The van der Waals surface area contributed by atoms with Crippen molar-refractivity contribution in [2.75, 3.05) is 5.32 Å². The molecule has 20 heavy (non-hydrogen) atoms. The molecule has 7 heteroatoms. The molecule has 0 aliphatic heterocycles. The van der Waals surface area contributed by atoms with Crippen LogP contribution >= 0.6 is 34.0 Å². The van der Waals surface area contributed by atoms with Gasteiger partial charge in [-0.05, 0) is 25.3 Å². The smallest absolute Gasteiger partial charge is 0.269 e. The number of nitrogens with one attached hydrogen (secondary N) is 1. The Bertz CT molecular complexity index is 743. The number of thiophene rings is 1. The first-order valence-corrected chi connectivity index (χ1v) is 8.40. The van der Waals surface area contributed by atoms with E-state index >= 15 is 0 Å². The molecule has 0 aromatic carbocycles. The highest BCUT2D eigenvalue weighted by Crippen LogP contribution is 2.31. The lowest BCUT2D eigenvalue weighted by molar-refractivity contribution is 0.103. The molecule has 0 fully saturated rings. The number of hydrogen-bond acceptors (Lipinski definition) is 6. The second-order valence-corrected chi connectivity index (χ2v) is 7.32. The summed E-state index contributed by atoms with van der Waals surface area (Å²) in [5.41, 5.74) is 0.754. The fourth-order valence-corrected chi connectivity index (χ4v) is 4.10. The molecule has 0 bridgehead atoms. The van der Waals surface area contributed by atoms with Crippen molar-refractivity contribution < 1.29 is 4.79 Å². The Morgan fingerprint density at radius 3 is 2.80 bits per heavy atom. The number of rotatable bonds is 3. The van der Waals surface area contributed by atoms with Crippen LogP contribution in [0.3, 0.4) is 0 Å². The minimum Gasteiger partial charge on any atom is -0.297 e. The maximum Gasteiger partial charge on any atom is 0.269 e. The second kappa shape index (κ2) is 5.43. The van der Waals surface area contributed by atoms with Crippen LogP contribution in [0.25, 0.3) is 9.88 Å². The molecule has 0 aliphatic rings. The number of carbonyl (C=O) groups is 1. The molecule has 0 spiro atoms. The average Bonchev–Trinajstić information content (AvgIpc) is 3.09. The third-order valence-corrected chi connectivity index (χ3v) is 5.60. The first kappa shape index (κ1) is 13.4. The van der Waals surface area contributed by atoms with Crippen molar-refractivity contribution in [2.45, 2.75) is 13.8 Å². The molecule has 3 rings (SSSR count). The summed E-state index contributed by atoms with van der Waals surface area (Å²) in [7, 11) is 0. The molecule has 3 aromatic heterocycles. The summed E-state index contributed by atoms with van der Waals surface area (Å²) in [5.74, 6) is -0.142. The Morgan fingerprint density at radius 1 is 1.30 bits per heavy atom. The van der Waals surface area contributed by atoms with E-state index < -0.39 is 0 Å². The predicted molar refractivity (Wildman–Crippen MR) is 85.0 cm³/mol. The van der Waals surface area contributed by atoms with Crippen LogP contribution in [0, 0.1) is 13.8 Å². The highest BCUT2D eigenvalue weighted by atomic mass is 32.1. The van der Waals surface area contributed by atoms with Gasteiger partial charge < -0.3 is 0 Å². The van der Waals surface area contributed by atoms with Crippen molar-refractivity contribution in [3.05, 3.63) is 39.2 Å². The lowest BCUT2D eigenvalue weighted by Gasteiger charge is -1.98. The minimum absolute atomic E-state index is 0.142. The molecule has 0 aliphatic carbocycles. The Hall–Kier alpha value is -1.57. The Labute approximate surface area is 128 Å². The molecular formula is C13H11N3OS3. The van der Waals surface area contributed by atoms with Gasteiger partial charge in [0.25, 0.3) is 5.91 Å². The molecule has 0 radical (unpaired) electrons. The van der Waals surface area contributed by atoms with Crippen molar-refractivity contribution in [3.63, 3.8) is 0 Å². The Kier molecular flexibility index (Phi) is 3.64. The monoisotopic (exact) mass is 321 g/mol. The molecule has 102 valence electrons. The largest absolute Gasteiger partial charge is 0.297 e. The van der Waals surface area contributed by atoms with Crippen molar-refractivity contribution in [1.82, 2.24) is 9.97 Å². The summed E-state index contributed by atoms with van der Waals surface area (Å²) < 4.78 is 0. The van der Waals surface area contributed by atoms with Crippen molar-refractivity contribution in [1.29, 1.82) is 0 Å². The predicted octanol–water partition coefficient (Wildman–Crippen LogP) is 4.20. The van der Waals surface area contributed by atoms with Crippen LogP contribution < -0.4 is 5.32 Å². The van der Waals surface area contributed by atoms with E-state index in [-0.39, 0.29) is 5.91 Å². The third kappa shape index (κ3) is 2.65. The quantitative estimate of drug-likeness (QED) is 0.786. The third-order valence-electron chi connectivity index (χ3n) is 2.58. The van der Waals surface area contributed by atoms with Gasteiger partial charge in [0.05, 0.1) is 10.6 Å². The molecule has 4 nitrogen and oxygen atoms in total. The zero-order valence-corrected chi connectivity index (χ0v) is 13.3. The van der Waals surface area contributed by atoms with Crippen LogP contribution in [0.4, 0.5) is 5.13 Å². The molecule has 1 N–H and O–H groups in total. The van der Waals surface area contributed by atoms with Gasteiger partial charge in [0.1, 0.15) is 9.88 Å².